The smallest absolute Gasteiger partial charge is 0.0621 e. The van der Waals surface area contributed by atoms with Crippen molar-refractivity contribution < 1.29 is 4.74 Å². The lowest BCUT2D eigenvalue weighted by molar-refractivity contribution is 0.0915. The van der Waals surface area contributed by atoms with Crippen molar-refractivity contribution in [3.63, 3.8) is 0 Å². The van der Waals surface area contributed by atoms with Crippen LogP contribution in [0.2, 0.25) is 0 Å². The van der Waals surface area contributed by atoms with Crippen molar-refractivity contribution in [1.82, 2.24) is 5.32 Å². The molecule has 3 unspecified atom stereocenters. The van der Waals surface area contributed by atoms with Crippen molar-refractivity contribution in [3.8, 4) is 0 Å². The van der Waals surface area contributed by atoms with Crippen molar-refractivity contribution in [1.29, 1.82) is 0 Å². The second-order valence-corrected chi connectivity index (χ2v) is 6.38. The van der Waals surface area contributed by atoms with E-state index in [0.717, 1.165) is 25.6 Å². The highest BCUT2D eigenvalue weighted by Gasteiger charge is 2.40. The molecule has 3 nitrogen and oxygen atoms in total. The van der Waals surface area contributed by atoms with E-state index in [4.69, 9.17) is 10.5 Å². The average Bonchev–Trinajstić information content (AvgIpc) is 2.89. The summed E-state index contributed by atoms with van der Waals surface area (Å²) in [6, 6.07) is 0. The quantitative estimate of drug-likeness (QED) is 0.692. The summed E-state index contributed by atoms with van der Waals surface area (Å²) in [5, 5.41) is 3.63. The van der Waals surface area contributed by atoms with Gasteiger partial charge in [0, 0.05) is 12.5 Å². The molecule has 2 saturated heterocycles. The zero-order valence-electron chi connectivity index (χ0n) is 10.8. The van der Waals surface area contributed by atoms with E-state index >= 15 is 0 Å². The Kier molecular flexibility index (Phi) is 3.42. The predicted molar refractivity (Wildman–Crippen MR) is 68.8 cm³/mol. The summed E-state index contributed by atoms with van der Waals surface area (Å²) in [5.41, 5.74) is 6.37. The van der Waals surface area contributed by atoms with Crippen LogP contribution in [-0.2, 0) is 4.74 Å². The van der Waals surface area contributed by atoms with Gasteiger partial charge in [0.2, 0.25) is 0 Å². The molecule has 3 N–H and O–H groups in total. The molecule has 1 aliphatic carbocycles. The Balaban J connectivity index is 1.33. The molecule has 0 aromatic rings. The Labute approximate surface area is 104 Å². The Morgan fingerprint density at radius 1 is 1.29 bits per heavy atom. The van der Waals surface area contributed by atoms with E-state index in [9.17, 15) is 0 Å². The number of rotatable bonds is 6. The van der Waals surface area contributed by atoms with E-state index in [2.05, 4.69) is 5.32 Å². The Morgan fingerprint density at radius 2 is 2.18 bits per heavy atom. The van der Waals surface area contributed by atoms with Crippen LogP contribution in [0.15, 0.2) is 0 Å². The maximum atomic E-state index is 5.88. The molecule has 2 bridgehead atoms. The minimum Gasteiger partial charge on any atom is -0.375 e. The SMILES string of the molecule is NCC1(CCNCC2CC3CCC2O3)CCC1. The minimum atomic E-state index is 0.498. The highest BCUT2D eigenvalue weighted by Crippen LogP contribution is 2.42. The molecule has 3 rings (SSSR count). The number of hydrogen-bond acceptors (Lipinski definition) is 3. The van der Waals surface area contributed by atoms with Gasteiger partial charge >= 0.3 is 0 Å². The zero-order valence-corrected chi connectivity index (χ0v) is 10.8. The third kappa shape index (κ3) is 2.38. The largest absolute Gasteiger partial charge is 0.375 e. The maximum absolute atomic E-state index is 5.88. The fraction of sp³-hybridized carbons (Fsp3) is 1.00. The first kappa shape index (κ1) is 11.9. The van der Waals surface area contributed by atoms with E-state index in [0.29, 0.717) is 17.6 Å². The molecule has 0 radical (unpaired) electrons. The van der Waals surface area contributed by atoms with Crippen molar-refractivity contribution in [2.24, 2.45) is 17.1 Å². The van der Waals surface area contributed by atoms with Crippen LogP contribution >= 0.6 is 0 Å². The first-order valence-corrected chi connectivity index (χ1v) is 7.38. The number of ether oxygens (including phenoxy) is 1. The lowest BCUT2D eigenvalue weighted by Crippen LogP contribution is -2.40. The van der Waals surface area contributed by atoms with Crippen LogP contribution in [0.1, 0.15) is 44.9 Å². The highest BCUT2D eigenvalue weighted by molar-refractivity contribution is 4.91. The first-order chi connectivity index (χ1) is 8.31. The fourth-order valence-electron chi connectivity index (χ4n) is 3.83. The third-order valence-electron chi connectivity index (χ3n) is 5.32. The van der Waals surface area contributed by atoms with Gasteiger partial charge in [-0.3, -0.25) is 0 Å². The molecule has 2 aliphatic heterocycles. The lowest BCUT2D eigenvalue weighted by Gasteiger charge is -2.41. The van der Waals surface area contributed by atoms with Crippen molar-refractivity contribution in [2.75, 3.05) is 19.6 Å². The molecule has 17 heavy (non-hydrogen) atoms. The topological polar surface area (TPSA) is 47.3 Å². The summed E-state index contributed by atoms with van der Waals surface area (Å²) in [6.07, 6.45) is 10.4. The van der Waals surface area contributed by atoms with Crippen molar-refractivity contribution in [3.05, 3.63) is 0 Å². The maximum Gasteiger partial charge on any atom is 0.0621 e. The van der Waals surface area contributed by atoms with Crippen LogP contribution in [0.5, 0.6) is 0 Å². The van der Waals surface area contributed by atoms with E-state index in [1.165, 1.54) is 44.9 Å². The normalized spacial score (nSPS) is 38.3. The van der Waals surface area contributed by atoms with E-state index in [1.54, 1.807) is 0 Å². The fourth-order valence-corrected chi connectivity index (χ4v) is 3.83. The molecule has 3 fully saturated rings. The number of nitrogens with one attached hydrogen (secondary N) is 1. The Morgan fingerprint density at radius 3 is 2.71 bits per heavy atom. The molecule has 0 amide bonds. The molecule has 2 heterocycles. The van der Waals surface area contributed by atoms with Gasteiger partial charge in [-0.25, -0.2) is 0 Å². The van der Waals surface area contributed by atoms with Gasteiger partial charge in [-0.2, -0.15) is 0 Å². The molecule has 0 spiro atoms. The van der Waals surface area contributed by atoms with Crippen LogP contribution < -0.4 is 11.1 Å². The van der Waals surface area contributed by atoms with Gasteiger partial charge in [0.15, 0.2) is 0 Å². The second kappa shape index (κ2) is 4.87. The molecule has 3 heteroatoms. The lowest BCUT2D eigenvalue weighted by atomic mass is 9.67. The minimum absolute atomic E-state index is 0.498. The number of nitrogens with two attached hydrogens (primary N) is 1. The monoisotopic (exact) mass is 238 g/mol. The Hall–Kier alpha value is -0.120. The molecule has 0 aromatic carbocycles. The number of hydrogen-bond donors (Lipinski definition) is 2. The summed E-state index contributed by atoms with van der Waals surface area (Å²) in [4.78, 5) is 0. The summed E-state index contributed by atoms with van der Waals surface area (Å²) >= 11 is 0. The summed E-state index contributed by atoms with van der Waals surface area (Å²) < 4.78 is 5.88. The second-order valence-electron chi connectivity index (χ2n) is 6.38. The molecular weight excluding hydrogens is 212 g/mol. The van der Waals surface area contributed by atoms with E-state index < -0.39 is 0 Å². The van der Waals surface area contributed by atoms with Gasteiger partial charge in [-0.05, 0) is 57.0 Å². The summed E-state index contributed by atoms with van der Waals surface area (Å²) in [6.45, 7) is 3.18. The van der Waals surface area contributed by atoms with Gasteiger partial charge in [-0.1, -0.05) is 6.42 Å². The van der Waals surface area contributed by atoms with Crippen LogP contribution in [0, 0.1) is 11.3 Å². The molecule has 1 saturated carbocycles. The summed E-state index contributed by atoms with van der Waals surface area (Å²) in [7, 11) is 0. The van der Waals surface area contributed by atoms with Gasteiger partial charge in [-0.15, -0.1) is 0 Å². The van der Waals surface area contributed by atoms with Crippen molar-refractivity contribution >= 4 is 0 Å². The van der Waals surface area contributed by atoms with E-state index in [-0.39, 0.29) is 0 Å². The predicted octanol–water partition coefficient (Wildman–Crippen LogP) is 1.66. The van der Waals surface area contributed by atoms with Crippen LogP contribution in [-0.4, -0.2) is 31.8 Å². The van der Waals surface area contributed by atoms with Crippen LogP contribution in [0.3, 0.4) is 0 Å². The standard InChI is InChI=1S/C14H26N2O/c15-10-14(4-1-5-14)6-7-16-9-11-8-12-2-3-13(11)17-12/h11-13,16H,1-10,15H2. The van der Waals surface area contributed by atoms with Gasteiger partial charge in [0.25, 0.3) is 0 Å². The van der Waals surface area contributed by atoms with Gasteiger partial charge in [0.1, 0.15) is 0 Å². The zero-order chi connectivity index (χ0) is 11.7. The van der Waals surface area contributed by atoms with Crippen LogP contribution in [0.25, 0.3) is 0 Å². The van der Waals surface area contributed by atoms with Crippen molar-refractivity contribution in [2.45, 2.75) is 57.2 Å². The third-order valence-corrected chi connectivity index (χ3v) is 5.32. The molecular formula is C14H26N2O. The molecule has 0 aromatic heterocycles. The highest BCUT2D eigenvalue weighted by atomic mass is 16.5. The van der Waals surface area contributed by atoms with Crippen LogP contribution in [0.4, 0.5) is 0 Å². The molecule has 98 valence electrons. The van der Waals surface area contributed by atoms with Gasteiger partial charge < -0.3 is 15.8 Å². The molecule has 3 atom stereocenters. The first-order valence-electron chi connectivity index (χ1n) is 7.38. The van der Waals surface area contributed by atoms with Gasteiger partial charge in [0.05, 0.1) is 12.2 Å². The summed E-state index contributed by atoms with van der Waals surface area (Å²) in [5.74, 6) is 0.781. The average molecular weight is 238 g/mol. The Bertz CT molecular complexity index is 259. The molecule has 3 aliphatic rings. The number of fused-ring (bicyclic) bond motifs is 2. The van der Waals surface area contributed by atoms with E-state index in [1.807, 2.05) is 0 Å².